The van der Waals surface area contributed by atoms with Crippen molar-refractivity contribution < 1.29 is 14.1 Å². The van der Waals surface area contributed by atoms with Gasteiger partial charge < -0.3 is 15.6 Å². The predicted octanol–water partition coefficient (Wildman–Crippen LogP) is 2.71. The Morgan fingerprint density at radius 2 is 1.77 bits per heavy atom. The summed E-state index contributed by atoms with van der Waals surface area (Å²) in [6.07, 6.45) is 0. The summed E-state index contributed by atoms with van der Waals surface area (Å²) in [5.74, 6) is 0.484. The van der Waals surface area contributed by atoms with E-state index < -0.39 is 11.9 Å². The minimum atomic E-state index is -0.520. The van der Waals surface area contributed by atoms with Gasteiger partial charge in [-0.25, -0.2) is 4.79 Å². The van der Waals surface area contributed by atoms with Crippen LogP contribution in [0.2, 0.25) is 0 Å². The Labute approximate surface area is 127 Å². The summed E-state index contributed by atoms with van der Waals surface area (Å²) in [6, 6.07) is 7.46. The third-order valence-corrected chi connectivity index (χ3v) is 2.92. The second-order valence-corrected chi connectivity index (χ2v) is 5.85. The molecular weight excluding hydrogens is 284 g/mol. The second-order valence-electron chi connectivity index (χ2n) is 5.85. The van der Waals surface area contributed by atoms with E-state index in [9.17, 15) is 9.59 Å². The van der Waals surface area contributed by atoms with Crippen molar-refractivity contribution in [3.63, 3.8) is 0 Å². The van der Waals surface area contributed by atoms with Gasteiger partial charge in [-0.1, -0.05) is 25.9 Å². The number of rotatable bonds is 3. The molecule has 1 aromatic carbocycles. The maximum absolute atomic E-state index is 11.9. The maximum atomic E-state index is 11.9. The summed E-state index contributed by atoms with van der Waals surface area (Å²) in [5, 5.41) is 8.99. The average Bonchev–Trinajstić information content (AvgIpc) is 2.87. The van der Waals surface area contributed by atoms with Crippen LogP contribution >= 0.6 is 0 Å². The topological polar surface area (TPSA) is 110 Å². The van der Waals surface area contributed by atoms with Crippen LogP contribution in [0.3, 0.4) is 0 Å². The Hall–Kier alpha value is -2.83. The molecule has 0 bridgehead atoms. The number of nitrogens with two attached hydrogens (primary N) is 1. The number of primary amides is 1. The molecule has 0 aliphatic rings. The molecule has 1 aromatic heterocycles. The van der Waals surface area contributed by atoms with E-state index in [0.717, 1.165) is 0 Å². The number of hydrogen-bond acceptors (Lipinski definition) is 4. The van der Waals surface area contributed by atoms with Crippen LogP contribution in [0.25, 0.3) is 0 Å². The Morgan fingerprint density at radius 3 is 2.27 bits per heavy atom. The zero-order valence-corrected chi connectivity index (χ0v) is 12.6. The van der Waals surface area contributed by atoms with Crippen molar-refractivity contribution in [3.05, 3.63) is 41.7 Å². The van der Waals surface area contributed by atoms with Crippen molar-refractivity contribution in [3.8, 4) is 0 Å². The quantitative estimate of drug-likeness (QED) is 0.809. The summed E-state index contributed by atoms with van der Waals surface area (Å²) in [6.45, 7) is 5.95. The highest BCUT2D eigenvalue weighted by Crippen LogP contribution is 2.24. The van der Waals surface area contributed by atoms with Crippen LogP contribution in [0.5, 0.6) is 0 Å². The van der Waals surface area contributed by atoms with Crippen molar-refractivity contribution >= 4 is 23.4 Å². The highest BCUT2D eigenvalue weighted by molar-refractivity contribution is 5.99. The molecule has 116 valence electrons. The average molecular weight is 302 g/mol. The number of carbonyl (C=O) groups is 2. The number of benzene rings is 1. The van der Waals surface area contributed by atoms with Crippen molar-refractivity contribution in [2.75, 3.05) is 10.6 Å². The number of nitrogens with zero attached hydrogens (tertiary/aromatic N) is 1. The molecule has 7 nitrogen and oxygen atoms in total. The lowest BCUT2D eigenvalue weighted by atomic mass is 9.93. The fourth-order valence-electron chi connectivity index (χ4n) is 1.68. The molecule has 0 aliphatic carbocycles. The van der Waals surface area contributed by atoms with E-state index in [2.05, 4.69) is 15.8 Å². The maximum Gasteiger partial charge on any atom is 0.324 e. The van der Waals surface area contributed by atoms with Crippen LogP contribution in [0.1, 0.15) is 36.9 Å². The molecular formula is C15H18N4O3. The molecule has 1 heterocycles. The van der Waals surface area contributed by atoms with E-state index in [0.29, 0.717) is 22.8 Å². The summed E-state index contributed by atoms with van der Waals surface area (Å²) in [4.78, 5) is 22.8. The number of nitrogens with one attached hydrogen (secondary N) is 2. The van der Waals surface area contributed by atoms with E-state index in [4.69, 9.17) is 10.3 Å². The molecule has 4 N–H and O–H groups in total. The van der Waals surface area contributed by atoms with E-state index in [1.807, 2.05) is 20.8 Å². The van der Waals surface area contributed by atoms with Crippen molar-refractivity contribution in [2.24, 2.45) is 5.73 Å². The van der Waals surface area contributed by atoms with Crippen LogP contribution in [0.4, 0.5) is 16.3 Å². The van der Waals surface area contributed by atoms with Crippen molar-refractivity contribution in [2.45, 2.75) is 26.2 Å². The molecule has 7 heteroatoms. The first kappa shape index (κ1) is 15.6. The van der Waals surface area contributed by atoms with Gasteiger partial charge in [-0.2, -0.15) is 0 Å². The Bertz CT molecular complexity index is 684. The molecule has 2 rings (SSSR count). The molecule has 0 saturated carbocycles. The Balaban J connectivity index is 1.98. The minimum absolute atomic E-state index is 0.187. The lowest BCUT2D eigenvalue weighted by Crippen LogP contribution is -2.19. The number of amides is 3. The minimum Gasteiger partial charge on any atom is -0.366 e. The fraction of sp³-hybridized carbons (Fsp3) is 0.267. The van der Waals surface area contributed by atoms with Crippen LogP contribution in [-0.4, -0.2) is 17.1 Å². The number of hydrogen-bond donors (Lipinski definition) is 3. The van der Waals surface area contributed by atoms with Gasteiger partial charge in [0.15, 0.2) is 5.82 Å². The Morgan fingerprint density at radius 1 is 1.14 bits per heavy atom. The van der Waals surface area contributed by atoms with E-state index in [-0.39, 0.29) is 5.41 Å². The highest BCUT2D eigenvalue weighted by Gasteiger charge is 2.20. The van der Waals surface area contributed by atoms with Gasteiger partial charge in [0.1, 0.15) is 5.76 Å². The van der Waals surface area contributed by atoms with Crippen LogP contribution < -0.4 is 16.4 Å². The van der Waals surface area contributed by atoms with Gasteiger partial charge in [0.25, 0.3) is 0 Å². The molecule has 0 radical (unpaired) electrons. The molecule has 2 aromatic rings. The molecule has 0 fully saturated rings. The van der Waals surface area contributed by atoms with E-state index in [1.54, 1.807) is 18.2 Å². The molecule has 0 aliphatic heterocycles. The summed E-state index contributed by atoms with van der Waals surface area (Å²) < 4.78 is 5.18. The largest absolute Gasteiger partial charge is 0.366 e. The standard InChI is InChI=1S/C15H18N4O3/c1-15(2,3)11-8-12(19-22-11)18-14(21)17-10-6-4-9(5-7-10)13(16)20/h4-8H,1-3H3,(H2,16,20)(H2,17,18,19,21). The lowest BCUT2D eigenvalue weighted by molar-refractivity contribution is 0.100. The number of carbonyl (C=O) groups excluding carboxylic acids is 2. The van der Waals surface area contributed by atoms with E-state index >= 15 is 0 Å². The van der Waals surface area contributed by atoms with Crippen molar-refractivity contribution in [1.82, 2.24) is 5.16 Å². The first-order valence-corrected chi connectivity index (χ1v) is 6.71. The third kappa shape index (κ3) is 3.85. The van der Waals surface area contributed by atoms with Gasteiger partial charge in [0.05, 0.1) is 0 Å². The summed E-state index contributed by atoms with van der Waals surface area (Å²) in [7, 11) is 0. The first-order chi connectivity index (χ1) is 10.3. The molecule has 0 unspecified atom stereocenters. The van der Waals surface area contributed by atoms with Gasteiger partial charge >= 0.3 is 6.03 Å². The molecule has 0 spiro atoms. The SMILES string of the molecule is CC(C)(C)c1cc(NC(=O)Nc2ccc(C(N)=O)cc2)no1. The van der Waals surface area contributed by atoms with Gasteiger partial charge in [-0.3, -0.25) is 10.1 Å². The van der Waals surface area contributed by atoms with Gasteiger partial charge in [-0.05, 0) is 24.3 Å². The first-order valence-electron chi connectivity index (χ1n) is 6.71. The zero-order chi connectivity index (χ0) is 16.3. The smallest absolute Gasteiger partial charge is 0.324 e. The lowest BCUT2D eigenvalue weighted by Gasteiger charge is -2.12. The fourth-order valence-corrected chi connectivity index (χ4v) is 1.68. The molecule has 3 amide bonds. The number of anilines is 2. The zero-order valence-electron chi connectivity index (χ0n) is 12.6. The van der Waals surface area contributed by atoms with Gasteiger partial charge in [-0.15, -0.1) is 0 Å². The number of aromatic nitrogens is 1. The second kappa shape index (κ2) is 5.88. The van der Waals surface area contributed by atoms with Crippen molar-refractivity contribution in [1.29, 1.82) is 0 Å². The van der Waals surface area contributed by atoms with Crippen LogP contribution in [0, 0.1) is 0 Å². The Kier molecular flexibility index (Phi) is 4.16. The van der Waals surface area contributed by atoms with Crippen LogP contribution in [-0.2, 0) is 5.41 Å². The summed E-state index contributed by atoms with van der Waals surface area (Å²) >= 11 is 0. The predicted molar refractivity (Wildman–Crippen MR) is 82.8 cm³/mol. The van der Waals surface area contributed by atoms with Gasteiger partial charge in [0.2, 0.25) is 5.91 Å². The normalized spacial score (nSPS) is 11.0. The van der Waals surface area contributed by atoms with Gasteiger partial charge in [0, 0.05) is 22.7 Å². The summed E-state index contributed by atoms with van der Waals surface area (Å²) in [5.41, 5.74) is 5.86. The third-order valence-electron chi connectivity index (χ3n) is 2.92. The highest BCUT2D eigenvalue weighted by atomic mass is 16.5. The number of urea groups is 1. The van der Waals surface area contributed by atoms with Crippen LogP contribution in [0.15, 0.2) is 34.9 Å². The van der Waals surface area contributed by atoms with E-state index in [1.165, 1.54) is 12.1 Å². The molecule has 22 heavy (non-hydrogen) atoms. The molecule has 0 atom stereocenters. The molecule has 0 saturated heterocycles. The monoisotopic (exact) mass is 302 g/mol.